The molecule has 2 N–H and O–H groups in total. The van der Waals surface area contributed by atoms with Gasteiger partial charge in [-0.1, -0.05) is 19.9 Å². The van der Waals surface area contributed by atoms with Crippen molar-refractivity contribution >= 4 is 16.9 Å². The first-order valence-electron chi connectivity index (χ1n) is 6.61. The number of nitrogens with two attached hydrogens (primary N) is 1. The van der Waals surface area contributed by atoms with Crippen molar-refractivity contribution in [1.29, 1.82) is 0 Å². The molecule has 0 aliphatic rings. The summed E-state index contributed by atoms with van der Waals surface area (Å²) in [5, 5.41) is 7.52. The van der Waals surface area contributed by atoms with Crippen LogP contribution < -0.4 is 5.73 Å². The summed E-state index contributed by atoms with van der Waals surface area (Å²) in [5.74, 6) is 1.45. The van der Waals surface area contributed by atoms with Crippen LogP contribution in [0.25, 0.3) is 22.6 Å². The third-order valence-electron chi connectivity index (χ3n) is 3.18. The van der Waals surface area contributed by atoms with Gasteiger partial charge in [0.2, 0.25) is 0 Å². The van der Waals surface area contributed by atoms with Gasteiger partial charge in [-0.25, -0.2) is 9.61 Å². The summed E-state index contributed by atoms with van der Waals surface area (Å²) in [6, 6.07) is 6.21. The summed E-state index contributed by atoms with van der Waals surface area (Å²) in [4.78, 5) is 4.65. The van der Waals surface area contributed by atoms with Crippen LogP contribution in [0, 0.1) is 12.8 Å². The predicted molar refractivity (Wildman–Crippen MR) is 77.0 cm³/mol. The van der Waals surface area contributed by atoms with E-state index in [-0.39, 0.29) is 5.82 Å². The number of fused-ring (bicyclic) bond motifs is 1. The minimum atomic E-state index is 0.266. The molecule has 0 saturated heterocycles. The number of nitrogens with zero attached hydrogens (tertiary/aromatic N) is 4. The van der Waals surface area contributed by atoms with Crippen LogP contribution in [0.5, 0.6) is 0 Å². The first-order valence-corrected chi connectivity index (χ1v) is 6.61. The van der Waals surface area contributed by atoms with E-state index in [1.165, 1.54) is 5.56 Å². The molecule has 3 aromatic rings. The summed E-state index contributed by atoms with van der Waals surface area (Å²) >= 11 is 0. The molecule has 0 amide bonds. The van der Waals surface area contributed by atoms with E-state index in [1.54, 1.807) is 0 Å². The van der Waals surface area contributed by atoms with Crippen molar-refractivity contribution in [2.75, 3.05) is 5.73 Å². The molecule has 0 atom stereocenters. The zero-order chi connectivity index (χ0) is 14.3. The van der Waals surface area contributed by atoms with E-state index in [0.717, 1.165) is 17.6 Å². The molecule has 6 nitrogen and oxygen atoms in total. The highest BCUT2D eigenvalue weighted by atomic mass is 16.6. The maximum absolute atomic E-state index is 5.80. The Bertz CT molecular complexity index is 756. The van der Waals surface area contributed by atoms with Crippen molar-refractivity contribution in [2.45, 2.75) is 27.3 Å². The molecule has 0 radical (unpaired) electrons. The Morgan fingerprint density at radius 2 is 2.10 bits per heavy atom. The van der Waals surface area contributed by atoms with E-state index < -0.39 is 0 Å². The van der Waals surface area contributed by atoms with Crippen molar-refractivity contribution < 1.29 is 4.63 Å². The number of rotatable bonds is 3. The second kappa shape index (κ2) is 4.63. The summed E-state index contributed by atoms with van der Waals surface area (Å²) in [6.45, 7) is 7.20. The molecule has 0 aliphatic heterocycles. The third-order valence-corrected chi connectivity index (χ3v) is 3.18. The molecular formula is C14H17N5O. The number of hydrogen-bond acceptors (Lipinski definition) is 5. The molecule has 0 bridgehead atoms. The van der Waals surface area contributed by atoms with Gasteiger partial charge in [-0.05, 0) is 40.9 Å². The van der Waals surface area contributed by atoms with E-state index in [4.69, 9.17) is 10.4 Å². The molecule has 2 aromatic heterocycles. The Morgan fingerprint density at radius 3 is 2.75 bits per heavy atom. The number of nitrogen functional groups attached to an aromatic ring is 1. The summed E-state index contributed by atoms with van der Waals surface area (Å²) in [6.07, 6.45) is 0. The summed E-state index contributed by atoms with van der Waals surface area (Å²) in [5.41, 5.74) is 9.48. The van der Waals surface area contributed by atoms with Gasteiger partial charge in [-0.2, -0.15) is 0 Å². The number of hydrogen-bond donors (Lipinski definition) is 1. The maximum atomic E-state index is 5.80. The first kappa shape index (κ1) is 12.7. The van der Waals surface area contributed by atoms with Gasteiger partial charge in [0.15, 0.2) is 17.3 Å². The largest absolute Gasteiger partial charge is 0.379 e. The fourth-order valence-electron chi connectivity index (χ4n) is 2.32. The van der Waals surface area contributed by atoms with Crippen LogP contribution in [0.1, 0.15) is 19.4 Å². The number of aryl methyl sites for hydroxylation is 1. The monoisotopic (exact) mass is 271 g/mol. The highest BCUT2D eigenvalue weighted by Gasteiger charge is 2.19. The molecule has 2 heterocycles. The molecule has 0 unspecified atom stereocenters. The van der Waals surface area contributed by atoms with Crippen LogP contribution in [0.15, 0.2) is 22.8 Å². The van der Waals surface area contributed by atoms with Gasteiger partial charge in [0.25, 0.3) is 0 Å². The minimum Gasteiger partial charge on any atom is -0.379 e. The van der Waals surface area contributed by atoms with E-state index >= 15 is 0 Å². The Balaban J connectivity index is 2.27. The van der Waals surface area contributed by atoms with Crippen molar-refractivity contribution in [1.82, 2.24) is 19.9 Å². The van der Waals surface area contributed by atoms with Crippen molar-refractivity contribution in [3.8, 4) is 11.5 Å². The molecule has 104 valence electrons. The van der Waals surface area contributed by atoms with Gasteiger partial charge in [0, 0.05) is 6.54 Å². The van der Waals surface area contributed by atoms with Crippen LogP contribution in [0.4, 0.5) is 5.82 Å². The highest BCUT2D eigenvalue weighted by molar-refractivity contribution is 5.82. The van der Waals surface area contributed by atoms with E-state index in [1.807, 2.05) is 6.92 Å². The Kier molecular flexibility index (Phi) is 2.93. The van der Waals surface area contributed by atoms with Crippen LogP contribution in [-0.2, 0) is 6.54 Å². The molecule has 0 saturated carbocycles. The lowest BCUT2D eigenvalue weighted by Crippen LogP contribution is -2.07. The standard InChI is InChI=1S/C14H17N5O/c1-8(2)7-19-11-5-4-9(3)6-10(11)16-14(19)12-13(15)18-20-17-12/h4-6,8H,7H2,1-3H3,(H2,15,18). The molecule has 1 aromatic carbocycles. The molecule has 0 aliphatic carbocycles. The van der Waals surface area contributed by atoms with Crippen molar-refractivity contribution in [2.24, 2.45) is 5.92 Å². The van der Waals surface area contributed by atoms with Crippen LogP contribution in [0.2, 0.25) is 0 Å². The second-order valence-electron chi connectivity index (χ2n) is 5.43. The second-order valence-corrected chi connectivity index (χ2v) is 5.43. The van der Waals surface area contributed by atoms with Crippen LogP contribution in [-0.4, -0.2) is 19.9 Å². The SMILES string of the molecule is Cc1ccc2c(c1)nc(-c1nonc1N)n2CC(C)C. The van der Waals surface area contributed by atoms with E-state index in [2.05, 4.69) is 51.9 Å². The fraction of sp³-hybridized carbons (Fsp3) is 0.357. The fourth-order valence-corrected chi connectivity index (χ4v) is 2.32. The van der Waals surface area contributed by atoms with Gasteiger partial charge in [-0.3, -0.25) is 0 Å². The highest BCUT2D eigenvalue weighted by Crippen LogP contribution is 2.27. The first-order chi connectivity index (χ1) is 9.56. The lowest BCUT2D eigenvalue weighted by Gasteiger charge is -2.10. The number of imidazole rings is 1. The zero-order valence-electron chi connectivity index (χ0n) is 11.8. The summed E-state index contributed by atoms with van der Waals surface area (Å²) < 4.78 is 6.82. The predicted octanol–water partition coefficient (Wildman–Crippen LogP) is 2.63. The topological polar surface area (TPSA) is 82.8 Å². The van der Waals surface area contributed by atoms with Crippen LogP contribution in [0.3, 0.4) is 0 Å². The van der Waals surface area contributed by atoms with E-state index in [0.29, 0.717) is 17.4 Å². The minimum absolute atomic E-state index is 0.266. The van der Waals surface area contributed by atoms with Gasteiger partial charge in [0.05, 0.1) is 11.0 Å². The number of anilines is 1. The van der Waals surface area contributed by atoms with Crippen molar-refractivity contribution in [3.63, 3.8) is 0 Å². The van der Waals surface area contributed by atoms with Gasteiger partial charge < -0.3 is 10.3 Å². The van der Waals surface area contributed by atoms with Crippen LogP contribution >= 0.6 is 0 Å². The Labute approximate surface area is 116 Å². The Hall–Kier alpha value is -2.37. The molecule has 6 heteroatoms. The molecule has 20 heavy (non-hydrogen) atoms. The van der Waals surface area contributed by atoms with Gasteiger partial charge >= 0.3 is 0 Å². The normalized spacial score (nSPS) is 11.6. The quantitative estimate of drug-likeness (QED) is 0.791. The van der Waals surface area contributed by atoms with E-state index in [9.17, 15) is 0 Å². The summed E-state index contributed by atoms with van der Waals surface area (Å²) in [7, 11) is 0. The lowest BCUT2D eigenvalue weighted by molar-refractivity contribution is 0.310. The zero-order valence-corrected chi connectivity index (χ0v) is 11.8. The van der Waals surface area contributed by atoms with Gasteiger partial charge in [-0.15, -0.1) is 0 Å². The lowest BCUT2D eigenvalue weighted by atomic mass is 10.2. The smallest absolute Gasteiger partial charge is 0.199 e. The number of benzene rings is 1. The number of aromatic nitrogens is 4. The molecule has 0 fully saturated rings. The maximum Gasteiger partial charge on any atom is 0.199 e. The average molecular weight is 271 g/mol. The average Bonchev–Trinajstić information content (AvgIpc) is 2.93. The molecular weight excluding hydrogens is 254 g/mol. The van der Waals surface area contributed by atoms with Gasteiger partial charge in [0.1, 0.15) is 0 Å². The molecule has 0 spiro atoms. The third kappa shape index (κ3) is 2.03. The molecule has 3 rings (SSSR count). The Morgan fingerprint density at radius 1 is 1.30 bits per heavy atom. The van der Waals surface area contributed by atoms with Crippen molar-refractivity contribution in [3.05, 3.63) is 23.8 Å².